The van der Waals surface area contributed by atoms with Crippen molar-refractivity contribution < 1.29 is 4.74 Å². The summed E-state index contributed by atoms with van der Waals surface area (Å²) in [6, 6.07) is 28.8. The first-order chi connectivity index (χ1) is 10.4. The van der Waals surface area contributed by atoms with Crippen molar-refractivity contribution in [3.05, 3.63) is 84.9 Å². The second-order valence-corrected chi connectivity index (χ2v) is 5.58. The molecule has 0 aliphatic rings. The molecule has 0 heterocycles. The summed E-state index contributed by atoms with van der Waals surface area (Å²) < 4.78 is 5.96. The molecule has 0 atom stereocenters. The van der Waals surface area contributed by atoms with Crippen LogP contribution in [0.15, 0.2) is 89.8 Å². The van der Waals surface area contributed by atoms with Gasteiger partial charge in [-0.25, -0.2) is 0 Å². The van der Waals surface area contributed by atoms with Gasteiger partial charge in [-0.1, -0.05) is 78.5 Å². The fourth-order valence-corrected chi connectivity index (χ4v) is 2.80. The number of rotatable bonds is 5. The average molecular weight is 292 g/mol. The van der Waals surface area contributed by atoms with E-state index in [1.807, 2.05) is 54.6 Å². The van der Waals surface area contributed by atoms with Crippen LogP contribution >= 0.6 is 11.8 Å². The van der Waals surface area contributed by atoms with Crippen LogP contribution in [0.3, 0.4) is 0 Å². The molecule has 3 aromatic carbocycles. The first kappa shape index (κ1) is 13.8. The Hall–Kier alpha value is -2.19. The van der Waals surface area contributed by atoms with Crippen molar-refractivity contribution in [1.29, 1.82) is 0 Å². The molecule has 3 aromatic rings. The molecule has 0 saturated heterocycles. The third kappa shape index (κ3) is 3.67. The third-order valence-electron chi connectivity index (χ3n) is 3.16. The fraction of sp³-hybridized carbons (Fsp3) is 0.0526. The number of hydrogen-bond donors (Lipinski definition) is 0. The van der Waals surface area contributed by atoms with Crippen molar-refractivity contribution in [3.8, 4) is 16.9 Å². The van der Waals surface area contributed by atoms with Crippen molar-refractivity contribution in [2.75, 3.05) is 5.94 Å². The van der Waals surface area contributed by atoms with Crippen LogP contribution < -0.4 is 4.74 Å². The molecule has 0 aliphatic carbocycles. The molecule has 0 N–H and O–H groups in total. The predicted octanol–water partition coefficient (Wildman–Crippen LogP) is 5.48. The summed E-state index contributed by atoms with van der Waals surface area (Å²) in [4.78, 5) is 1.22. The minimum Gasteiger partial charge on any atom is -0.482 e. The van der Waals surface area contributed by atoms with Gasteiger partial charge < -0.3 is 4.74 Å². The summed E-state index contributed by atoms with van der Waals surface area (Å²) in [5, 5.41) is 0. The van der Waals surface area contributed by atoms with Crippen LogP contribution in [-0.4, -0.2) is 5.94 Å². The molecule has 0 saturated carbocycles. The quantitative estimate of drug-likeness (QED) is 0.455. The molecule has 104 valence electrons. The van der Waals surface area contributed by atoms with E-state index < -0.39 is 0 Å². The van der Waals surface area contributed by atoms with Gasteiger partial charge in [0, 0.05) is 10.5 Å². The van der Waals surface area contributed by atoms with Gasteiger partial charge in [-0.15, -0.1) is 0 Å². The Morgan fingerprint density at radius 3 is 2.05 bits per heavy atom. The largest absolute Gasteiger partial charge is 0.482 e. The van der Waals surface area contributed by atoms with Crippen molar-refractivity contribution in [2.45, 2.75) is 4.90 Å². The first-order valence-corrected chi connectivity index (χ1v) is 7.87. The van der Waals surface area contributed by atoms with Crippen molar-refractivity contribution in [2.24, 2.45) is 0 Å². The van der Waals surface area contributed by atoms with Gasteiger partial charge in [-0.3, -0.25) is 0 Å². The Balaban J connectivity index is 1.71. The van der Waals surface area contributed by atoms with Crippen LogP contribution in [0.25, 0.3) is 11.1 Å². The van der Waals surface area contributed by atoms with Crippen LogP contribution in [-0.2, 0) is 0 Å². The zero-order chi connectivity index (χ0) is 14.3. The van der Waals surface area contributed by atoms with E-state index in [4.69, 9.17) is 4.74 Å². The lowest BCUT2D eigenvalue weighted by atomic mass is 10.1. The van der Waals surface area contributed by atoms with Crippen LogP contribution in [0, 0.1) is 0 Å². The molecule has 1 nitrogen and oxygen atoms in total. The first-order valence-electron chi connectivity index (χ1n) is 6.88. The van der Waals surface area contributed by atoms with Gasteiger partial charge in [0.1, 0.15) is 11.7 Å². The lowest BCUT2D eigenvalue weighted by Gasteiger charge is -2.11. The molecule has 0 bridgehead atoms. The van der Waals surface area contributed by atoms with Crippen molar-refractivity contribution >= 4 is 11.8 Å². The summed E-state index contributed by atoms with van der Waals surface area (Å²) in [6.45, 7) is 0. The van der Waals surface area contributed by atoms with E-state index in [0.717, 1.165) is 11.3 Å². The SMILES string of the molecule is c1ccc(SCOc2ccccc2-c2ccccc2)cc1. The number of thioether (sulfide) groups is 1. The van der Waals surface area contributed by atoms with E-state index in [1.165, 1.54) is 10.5 Å². The van der Waals surface area contributed by atoms with Crippen LogP contribution in [0.1, 0.15) is 0 Å². The second kappa shape index (κ2) is 7.00. The van der Waals surface area contributed by atoms with Crippen LogP contribution in [0.2, 0.25) is 0 Å². The molecule has 0 unspecified atom stereocenters. The molecule has 0 amide bonds. The Morgan fingerprint density at radius 2 is 1.29 bits per heavy atom. The van der Waals surface area contributed by atoms with Gasteiger partial charge in [0.05, 0.1) is 0 Å². The van der Waals surface area contributed by atoms with Gasteiger partial charge >= 0.3 is 0 Å². The Kier molecular flexibility index (Phi) is 4.59. The zero-order valence-electron chi connectivity index (χ0n) is 11.6. The molecule has 0 spiro atoms. The number of benzene rings is 3. The van der Waals surface area contributed by atoms with Gasteiger partial charge in [0.15, 0.2) is 0 Å². The minimum absolute atomic E-state index is 0.605. The van der Waals surface area contributed by atoms with Gasteiger partial charge in [0.25, 0.3) is 0 Å². The summed E-state index contributed by atoms with van der Waals surface area (Å²) in [5.41, 5.74) is 2.31. The Bertz CT molecular complexity index is 680. The number of para-hydroxylation sites is 1. The molecule has 0 fully saturated rings. The predicted molar refractivity (Wildman–Crippen MR) is 89.7 cm³/mol. The zero-order valence-corrected chi connectivity index (χ0v) is 12.4. The van der Waals surface area contributed by atoms with Gasteiger partial charge in [-0.2, -0.15) is 0 Å². The fourth-order valence-electron chi connectivity index (χ4n) is 2.13. The van der Waals surface area contributed by atoms with E-state index >= 15 is 0 Å². The highest BCUT2D eigenvalue weighted by Gasteiger charge is 2.05. The third-order valence-corrected chi connectivity index (χ3v) is 4.00. The van der Waals surface area contributed by atoms with Crippen LogP contribution in [0.5, 0.6) is 5.75 Å². The number of hydrogen-bond acceptors (Lipinski definition) is 2. The maximum absolute atomic E-state index is 5.96. The van der Waals surface area contributed by atoms with E-state index in [1.54, 1.807) is 11.8 Å². The van der Waals surface area contributed by atoms with E-state index in [9.17, 15) is 0 Å². The van der Waals surface area contributed by atoms with Crippen molar-refractivity contribution in [1.82, 2.24) is 0 Å². The van der Waals surface area contributed by atoms with E-state index in [-0.39, 0.29) is 0 Å². The Morgan fingerprint density at radius 1 is 0.667 bits per heavy atom. The summed E-state index contributed by atoms with van der Waals surface area (Å²) in [6.07, 6.45) is 0. The highest BCUT2D eigenvalue weighted by atomic mass is 32.2. The molecule has 3 rings (SSSR count). The molecule has 0 aromatic heterocycles. The van der Waals surface area contributed by atoms with Crippen LogP contribution in [0.4, 0.5) is 0 Å². The molecule has 21 heavy (non-hydrogen) atoms. The maximum atomic E-state index is 5.96. The number of ether oxygens (including phenoxy) is 1. The highest BCUT2D eigenvalue weighted by molar-refractivity contribution is 7.99. The average Bonchev–Trinajstić information content (AvgIpc) is 2.57. The lowest BCUT2D eigenvalue weighted by molar-refractivity contribution is 0.394. The molecule has 0 aliphatic heterocycles. The standard InChI is InChI=1S/C19H16OS/c1-3-9-16(10-4-1)18-13-7-8-14-19(18)20-15-21-17-11-5-2-6-12-17/h1-14H,15H2. The van der Waals surface area contributed by atoms with E-state index in [0.29, 0.717) is 5.94 Å². The monoisotopic (exact) mass is 292 g/mol. The Labute approximate surface area is 129 Å². The summed E-state index contributed by atoms with van der Waals surface area (Å²) >= 11 is 1.70. The van der Waals surface area contributed by atoms with Crippen molar-refractivity contribution in [3.63, 3.8) is 0 Å². The molecular formula is C19H16OS. The highest BCUT2D eigenvalue weighted by Crippen LogP contribution is 2.30. The second-order valence-electron chi connectivity index (χ2n) is 4.58. The topological polar surface area (TPSA) is 9.23 Å². The molecule has 2 heteroatoms. The molecular weight excluding hydrogens is 276 g/mol. The summed E-state index contributed by atoms with van der Waals surface area (Å²) in [7, 11) is 0. The minimum atomic E-state index is 0.605. The van der Waals surface area contributed by atoms with Gasteiger partial charge in [-0.05, 0) is 23.8 Å². The molecule has 0 radical (unpaired) electrons. The normalized spacial score (nSPS) is 10.3. The smallest absolute Gasteiger partial charge is 0.138 e. The maximum Gasteiger partial charge on any atom is 0.138 e. The lowest BCUT2D eigenvalue weighted by Crippen LogP contribution is -1.94. The van der Waals surface area contributed by atoms with Gasteiger partial charge in [0.2, 0.25) is 0 Å². The van der Waals surface area contributed by atoms with E-state index in [2.05, 4.69) is 30.3 Å². The summed E-state index contributed by atoms with van der Waals surface area (Å²) in [5.74, 6) is 1.53.